The lowest BCUT2D eigenvalue weighted by Gasteiger charge is -2.38. The number of nitrogens with zero attached hydrogens (tertiary/aromatic N) is 6. The number of aromatic nitrogens is 4. The van der Waals surface area contributed by atoms with E-state index in [-0.39, 0.29) is 5.91 Å². The van der Waals surface area contributed by atoms with Gasteiger partial charge in [-0.3, -0.25) is 9.89 Å². The summed E-state index contributed by atoms with van der Waals surface area (Å²) in [6, 6.07) is 4.64. The van der Waals surface area contributed by atoms with Crippen LogP contribution < -0.4 is 14.5 Å². The van der Waals surface area contributed by atoms with Crippen LogP contribution in [0.3, 0.4) is 0 Å². The highest BCUT2D eigenvalue weighted by Crippen LogP contribution is 2.35. The van der Waals surface area contributed by atoms with E-state index >= 15 is 0 Å². The van der Waals surface area contributed by atoms with Gasteiger partial charge in [0.05, 0.1) is 36.2 Å². The number of fused-ring (bicyclic) bond motifs is 2. The molecular formula is C25H31N7O2. The molecule has 3 aromatic rings. The van der Waals surface area contributed by atoms with Crippen LogP contribution in [0.1, 0.15) is 30.2 Å². The third-order valence-electron chi connectivity index (χ3n) is 6.64. The van der Waals surface area contributed by atoms with Gasteiger partial charge < -0.3 is 19.4 Å². The normalized spacial score (nSPS) is 16.0. The molecule has 4 heterocycles. The second-order valence-corrected chi connectivity index (χ2v) is 8.85. The minimum Gasteiger partial charge on any atom is -0.463 e. The number of hydrogen-bond acceptors (Lipinski definition) is 7. The van der Waals surface area contributed by atoms with Crippen LogP contribution in [-0.2, 0) is 17.8 Å². The number of anilines is 2. The molecule has 0 atom stereocenters. The molecule has 1 saturated heterocycles. The topological polar surface area (TPSA) is 90.5 Å². The third kappa shape index (κ3) is 4.06. The molecule has 2 aromatic heterocycles. The molecule has 0 aliphatic carbocycles. The molecule has 0 saturated carbocycles. The molecule has 1 amide bonds. The summed E-state index contributed by atoms with van der Waals surface area (Å²) in [6.45, 7) is 12.7. The van der Waals surface area contributed by atoms with Gasteiger partial charge in [-0.25, -0.2) is 0 Å². The van der Waals surface area contributed by atoms with E-state index in [4.69, 9.17) is 14.7 Å². The number of rotatable bonds is 6. The number of carbonyl (C=O) groups excluding carboxylic acids is 1. The first-order valence-electron chi connectivity index (χ1n) is 12.0. The zero-order valence-electron chi connectivity index (χ0n) is 19.9. The summed E-state index contributed by atoms with van der Waals surface area (Å²) in [5, 5.41) is 8.46. The van der Waals surface area contributed by atoms with Crippen molar-refractivity contribution in [2.75, 3.05) is 49.1 Å². The quantitative estimate of drug-likeness (QED) is 0.565. The molecule has 2 aliphatic heterocycles. The summed E-state index contributed by atoms with van der Waals surface area (Å²) in [6.07, 6.45) is 5.03. The third-order valence-corrected chi connectivity index (χ3v) is 6.64. The summed E-state index contributed by atoms with van der Waals surface area (Å²) in [7, 11) is 0. The molecule has 9 heteroatoms. The van der Waals surface area contributed by atoms with Gasteiger partial charge >= 0.3 is 6.01 Å². The van der Waals surface area contributed by atoms with Crippen LogP contribution in [0.4, 0.5) is 11.5 Å². The number of aromatic amines is 1. The van der Waals surface area contributed by atoms with Crippen molar-refractivity contribution in [1.29, 1.82) is 0 Å². The minimum absolute atomic E-state index is 0.0178. The van der Waals surface area contributed by atoms with Crippen molar-refractivity contribution in [2.45, 2.75) is 33.2 Å². The Balaban J connectivity index is 1.47. The first-order valence-corrected chi connectivity index (χ1v) is 12.0. The number of benzene rings is 1. The Labute approximate surface area is 199 Å². The molecule has 1 N–H and O–H groups in total. The zero-order chi connectivity index (χ0) is 23.7. The minimum atomic E-state index is -0.0178. The lowest BCUT2D eigenvalue weighted by Crippen LogP contribution is -2.49. The molecule has 0 bridgehead atoms. The Kier molecular flexibility index (Phi) is 6.08. The van der Waals surface area contributed by atoms with E-state index < -0.39 is 0 Å². The average molecular weight is 462 g/mol. The van der Waals surface area contributed by atoms with Crippen LogP contribution in [-0.4, -0.2) is 70.3 Å². The van der Waals surface area contributed by atoms with Gasteiger partial charge in [-0.05, 0) is 37.5 Å². The second-order valence-electron chi connectivity index (χ2n) is 8.85. The maximum atomic E-state index is 12.0. The fourth-order valence-corrected chi connectivity index (χ4v) is 4.90. The number of aryl methyl sites for hydroxylation is 1. The largest absolute Gasteiger partial charge is 0.463 e. The highest BCUT2D eigenvalue weighted by Gasteiger charge is 2.29. The Bertz CT molecular complexity index is 1210. The summed E-state index contributed by atoms with van der Waals surface area (Å²) in [5.41, 5.74) is 5.64. The van der Waals surface area contributed by atoms with Crippen molar-refractivity contribution < 1.29 is 9.53 Å². The maximum Gasteiger partial charge on any atom is 0.318 e. The highest BCUT2D eigenvalue weighted by atomic mass is 16.5. The number of hydrogen-bond donors (Lipinski definition) is 1. The zero-order valence-corrected chi connectivity index (χ0v) is 19.9. The molecule has 9 nitrogen and oxygen atoms in total. The number of amides is 1. The van der Waals surface area contributed by atoms with E-state index in [1.54, 1.807) is 0 Å². The van der Waals surface area contributed by atoms with Gasteiger partial charge in [0.1, 0.15) is 5.82 Å². The molecule has 5 rings (SSSR count). The first kappa shape index (κ1) is 22.2. The van der Waals surface area contributed by atoms with Crippen molar-refractivity contribution >= 4 is 28.3 Å². The Hall–Kier alpha value is -3.62. The number of nitrogens with one attached hydrogen (secondary N) is 1. The number of carbonyl (C=O) groups is 1. The molecule has 0 unspecified atom stereocenters. The van der Waals surface area contributed by atoms with E-state index in [2.05, 4.69) is 52.6 Å². The standard InChI is InChI=1S/C25H31N7O2/c1-4-14-34-25-27-21-16-32(23-17(3)6-7-20-19(23)15-26-29-20)9-8-18(21)24(28-25)31-12-10-30(11-13-31)22(33)5-2/h5-7,15H,2,4,8-14,16H2,1,3H3,(H,26,29). The monoisotopic (exact) mass is 461 g/mol. The van der Waals surface area contributed by atoms with Crippen molar-refractivity contribution in [3.8, 4) is 6.01 Å². The second kappa shape index (κ2) is 9.32. The summed E-state index contributed by atoms with van der Waals surface area (Å²) in [4.78, 5) is 28.2. The number of ether oxygens (including phenoxy) is 1. The maximum absolute atomic E-state index is 12.0. The van der Waals surface area contributed by atoms with Gasteiger partial charge in [0.15, 0.2) is 0 Å². The molecule has 1 fully saturated rings. The van der Waals surface area contributed by atoms with Crippen LogP contribution in [0.15, 0.2) is 31.0 Å². The Morgan fingerprint density at radius 2 is 2.00 bits per heavy atom. The van der Waals surface area contributed by atoms with E-state index in [0.717, 1.165) is 54.9 Å². The van der Waals surface area contributed by atoms with E-state index in [0.29, 0.717) is 32.3 Å². The average Bonchev–Trinajstić information content (AvgIpc) is 3.35. The summed E-state index contributed by atoms with van der Waals surface area (Å²) < 4.78 is 5.89. The Morgan fingerprint density at radius 1 is 1.18 bits per heavy atom. The molecule has 0 spiro atoms. The van der Waals surface area contributed by atoms with Crippen molar-refractivity contribution in [3.05, 3.63) is 47.8 Å². The molecule has 0 radical (unpaired) electrons. The predicted octanol–water partition coefficient (Wildman–Crippen LogP) is 2.85. The molecule has 178 valence electrons. The Morgan fingerprint density at radius 3 is 2.76 bits per heavy atom. The van der Waals surface area contributed by atoms with E-state index in [1.165, 1.54) is 22.9 Å². The molecule has 34 heavy (non-hydrogen) atoms. The summed E-state index contributed by atoms with van der Waals surface area (Å²) >= 11 is 0. The number of H-pyrrole nitrogens is 1. The van der Waals surface area contributed by atoms with Gasteiger partial charge in [-0.15, -0.1) is 0 Å². The van der Waals surface area contributed by atoms with Crippen LogP contribution in [0.2, 0.25) is 0 Å². The van der Waals surface area contributed by atoms with E-state index in [1.807, 2.05) is 11.1 Å². The van der Waals surface area contributed by atoms with Gasteiger partial charge in [0.2, 0.25) is 5.91 Å². The van der Waals surface area contributed by atoms with Crippen LogP contribution in [0.25, 0.3) is 10.9 Å². The predicted molar refractivity (Wildman–Crippen MR) is 132 cm³/mol. The van der Waals surface area contributed by atoms with Crippen LogP contribution in [0, 0.1) is 6.92 Å². The number of piperazine rings is 1. The fraction of sp³-hybridized carbons (Fsp3) is 0.440. The molecule has 2 aliphatic rings. The van der Waals surface area contributed by atoms with Gasteiger partial charge in [-0.2, -0.15) is 15.1 Å². The van der Waals surface area contributed by atoms with Crippen molar-refractivity contribution in [2.24, 2.45) is 0 Å². The van der Waals surface area contributed by atoms with E-state index in [9.17, 15) is 4.79 Å². The first-order chi connectivity index (χ1) is 16.6. The smallest absolute Gasteiger partial charge is 0.318 e. The molecule has 1 aromatic carbocycles. The lowest BCUT2D eigenvalue weighted by atomic mass is 10.0. The van der Waals surface area contributed by atoms with Gasteiger partial charge in [0.25, 0.3) is 0 Å². The van der Waals surface area contributed by atoms with Gasteiger partial charge in [-0.1, -0.05) is 19.6 Å². The van der Waals surface area contributed by atoms with Crippen LogP contribution >= 0.6 is 0 Å². The van der Waals surface area contributed by atoms with Crippen LogP contribution in [0.5, 0.6) is 6.01 Å². The van der Waals surface area contributed by atoms with Crippen molar-refractivity contribution in [3.63, 3.8) is 0 Å². The summed E-state index contributed by atoms with van der Waals surface area (Å²) in [5.74, 6) is 0.926. The highest BCUT2D eigenvalue weighted by molar-refractivity contribution is 5.93. The fourth-order valence-electron chi connectivity index (χ4n) is 4.90. The van der Waals surface area contributed by atoms with Gasteiger partial charge in [0, 0.05) is 43.7 Å². The van der Waals surface area contributed by atoms with Crippen molar-refractivity contribution in [1.82, 2.24) is 25.1 Å². The SMILES string of the molecule is C=CC(=O)N1CCN(c2nc(OCCC)nc3c2CCN(c2c(C)ccc4[nH]ncc24)C3)CC1. The lowest BCUT2D eigenvalue weighted by molar-refractivity contribution is -0.126. The molecular weight excluding hydrogens is 430 g/mol.